The zero-order valence-corrected chi connectivity index (χ0v) is 18.3. The van der Waals surface area contributed by atoms with E-state index in [9.17, 15) is 9.59 Å². The number of methoxy groups -OCH3 is 1. The molecule has 6 nitrogen and oxygen atoms in total. The summed E-state index contributed by atoms with van der Waals surface area (Å²) in [5, 5.41) is 6.39. The van der Waals surface area contributed by atoms with Crippen LogP contribution in [0.15, 0.2) is 66.7 Å². The van der Waals surface area contributed by atoms with Gasteiger partial charge in [-0.1, -0.05) is 29.8 Å². The van der Waals surface area contributed by atoms with Crippen LogP contribution in [0.5, 0.6) is 11.5 Å². The maximum absolute atomic E-state index is 12.7. The second kappa shape index (κ2) is 9.75. The van der Waals surface area contributed by atoms with Gasteiger partial charge in [0.05, 0.1) is 7.11 Å². The van der Waals surface area contributed by atoms with Gasteiger partial charge in [0.25, 0.3) is 11.8 Å². The highest BCUT2D eigenvalue weighted by Crippen LogP contribution is 2.30. The van der Waals surface area contributed by atoms with Gasteiger partial charge < -0.3 is 20.1 Å². The van der Waals surface area contributed by atoms with Crippen LogP contribution in [0.3, 0.4) is 0 Å². The molecule has 1 saturated carbocycles. The fraction of sp³-hybridized carbons (Fsp3) is 0.200. The van der Waals surface area contributed by atoms with Crippen molar-refractivity contribution < 1.29 is 19.1 Å². The van der Waals surface area contributed by atoms with Crippen LogP contribution in [0, 0.1) is 0 Å². The van der Waals surface area contributed by atoms with Gasteiger partial charge in [0, 0.05) is 33.4 Å². The second-order valence-corrected chi connectivity index (χ2v) is 7.93. The lowest BCUT2D eigenvalue weighted by atomic mass is 10.1. The van der Waals surface area contributed by atoms with E-state index in [-0.39, 0.29) is 18.4 Å². The third kappa shape index (κ3) is 5.39. The minimum Gasteiger partial charge on any atom is -0.493 e. The molecule has 2 amide bonds. The SMILES string of the molecule is COc1cc(C(=O)Nc2ccc(C(=O)NC3CC3)cc2)ccc1OCc1ccccc1Cl. The molecule has 0 saturated heterocycles. The fourth-order valence-corrected chi connectivity index (χ4v) is 3.29. The molecule has 1 aliphatic rings. The molecule has 0 aromatic heterocycles. The summed E-state index contributed by atoms with van der Waals surface area (Å²) in [7, 11) is 1.52. The van der Waals surface area contributed by atoms with Gasteiger partial charge >= 0.3 is 0 Å². The predicted octanol–water partition coefficient (Wildman–Crippen LogP) is 5.07. The highest BCUT2D eigenvalue weighted by molar-refractivity contribution is 6.31. The maximum atomic E-state index is 12.7. The standard InChI is InChI=1S/C25H23ClN2O4/c1-31-23-14-17(8-13-22(23)32-15-18-4-2-3-5-21(18)26)25(30)28-19-9-6-16(7-10-19)24(29)27-20-11-12-20/h2-10,13-14,20H,11-12,15H2,1H3,(H,27,29)(H,28,30). The Balaban J connectivity index is 1.40. The van der Waals surface area contributed by atoms with E-state index >= 15 is 0 Å². The summed E-state index contributed by atoms with van der Waals surface area (Å²) in [5.41, 5.74) is 2.43. The first-order valence-electron chi connectivity index (χ1n) is 10.3. The number of carbonyl (C=O) groups is 2. The lowest BCUT2D eigenvalue weighted by Crippen LogP contribution is -2.25. The molecule has 0 unspecified atom stereocenters. The molecule has 2 N–H and O–H groups in total. The van der Waals surface area contributed by atoms with E-state index in [0.29, 0.717) is 39.4 Å². The van der Waals surface area contributed by atoms with Crippen molar-refractivity contribution in [3.05, 3.63) is 88.4 Å². The number of rotatable bonds is 8. The van der Waals surface area contributed by atoms with Crippen molar-refractivity contribution in [3.63, 3.8) is 0 Å². The van der Waals surface area contributed by atoms with Gasteiger partial charge in [0.1, 0.15) is 6.61 Å². The molecule has 32 heavy (non-hydrogen) atoms. The first kappa shape index (κ1) is 21.7. The molecular formula is C25H23ClN2O4. The first-order chi connectivity index (χ1) is 15.5. The topological polar surface area (TPSA) is 76.7 Å². The van der Waals surface area contributed by atoms with E-state index in [0.717, 1.165) is 18.4 Å². The summed E-state index contributed by atoms with van der Waals surface area (Å²) >= 11 is 6.17. The maximum Gasteiger partial charge on any atom is 0.255 e. The summed E-state index contributed by atoms with van der Waals surface area (Å²) < 4.78 is 11.2. The number of hydrogen-bond donors (Lipinski definition) is 2. The summed E-state index contributed by atoms with van der Waals surface area (Å²) in [6.07, 6.45) is 2.07. The van der Waals surface area contributed by atoms with Crippen molar-refractivity contribution in [2.45, 2.75) is 25.5 Å². The molecule has 1 fully saturated rings. The Morgan fingerprint density at radius 2 is 1.66 bits per heavy atom. The van der Waals surface area contributed by atoms with Gasteiger partial charge in [-0.15, -0.1) is 0 Å². The third-order valence-electron chi connectivity index (χ3n) is 5.08. The van der Waals surface area contributed by atoms with Crippen molar-refractivity contribution in [2.24, 2.45) is 0 Å². The van der Waals surface area contributed by atoms with E-state index in [1.54, 1.807) is 48.5 Å². The second-order valence-electron chi connectivity index (χ2n) is 7.52. The molecule has 0 aliphatic heterocycles. The van der Waals surface area contributed by atoms with E-state index in [1.165, 1.54) is 7.11 Å². The molecule has 0 bridgehead atoms. The van der Waals surface area contributed by atoms with E-state index in [4.69, 9.17) is 21.1 Å². The number of hydrogen-bond acceptors (Lipinski definition) is 4. The molecule has 0 radical (unpaired) electrons. The lowest BCUT2D eigenvalue weighted by Gasteiger charge is -2.13. The van der Waals surface area contributed by atoms with Crippen LogP contribution in [0.2, 0.25) is 5.02 Å². The molecule has 4 rings (SSSR count). The normalized spacial score (nSPS) is 12.7. The fourth-order valence-electron chi connectivity index (χ4n) is 3.10. The van der Waals surface area contributed by atoms with Crippen molar-refractivity contribution in [1.29, 1.82) is 0 Å². The average molecular weight is 451 g/mol. The van der Waals surface area contributed by atoms with Crippen LogP contribution in [0.25, 0.3) is 0 Å². The van der Waals surface area contributed by atoms with Gasteiger partial charge in [-0.05, 0) is 61.4 Å². The minimum atomic E-state index is -0.295. The number of anilines is 1. The van der Waals surface area contributed by atoms with Crippen LogP contribution in [0.4, 0.5) is 5.69 Å². The number of halogens is 1. The molecule has 0 atom stereocenters. The van der Waals surface area contributed by atoms with E-state index in [2.05, 4.69) is 10.6 Å². The Bertz CT molecular complexity index is 1130. The van der Waals surface area contributed by atoms with Crippen molar-refractivity contribution in [1.82, 2.24) is 5.32 Å². The van der Waals surface area contributed by atoms with Crippen LogP contribution < -0.4 is 20.1 Å². The van der Waals surface area contributed by atoms with Gasteiger partial charge in [-0.2, -0.15) is 0 Å². The molecule has 3 aromatic rings. The molecule has 7 heteroatoms. The smallest absolute Gasteiger partial charge is 0.255 e. The highest BCUT2D eigenvalue weighted by atomic mass is 35.5. The van der Waals surface area contributed by atoms with Gasteiger partial charge in [0.2, 0.25) is 0 Å². The summed E-state index contributed by atoms with van der Waals surface area (Å²) in [4.78, 5) is 24.8. The van der Waals surface area contributed by atoms with Crippen LogP contribution in [-0.4, -0.2) is 25.0 Å². The minimum absolute atomic E-state index is 0.0949. The Morgan fingerprint density at radius 3 is 2.34 bits per heavy atom. The zero-order valence-electron chi connectivity index (χ0n) is 17.6. The number of carbonyl (C=O) groups excluding carboxylic acids is 2. The van der Waals surface area contributed by atoms with Crippen LogP contribution in [-0.2, 0) is 6.61 Å². The van der Waals surface area contributed by atoms with Gasteiger partial charge in [-0.3, -0.25) is 9.59 Å². The Labute approximate surface area is 191 Å². The van der Waals surface area contributed by atoms with Crippen molar-refractivity contribution in [2.75, 3.05) is 12.4 Å². The third-order valence-corrected chi connectivity index (χ3v) is 5.45. The first-order valence-corrected chi connectivity index (χ1v) is 10.7. The molecule has 164 valence electrons. The van der Waals surface area contributed by atoms with E-state index < -0.39 is 0 Å². The number of nitrogens with one attached hydrogen (secondary N) is 2. The number of ether oxygens (including phenoxy) is 2. The van der Waals surface area contributed by atoms with Crippen LogP contribution in [0.1, 0.15) is 39.1 Å². The molecule has 0 heterocycles. The van der Waals surface area contributed by atoms with Crippen LogP contribution >= 0.6 is 11.6 Å². The largest absolute Gasteiger partial charge is 0.493 e. The Morgan fingerprint density at radius 1 is 0.938 bits per heavy atom. The Kier molecular flexibility index (Phi) is 6.61. The highest BCUT2D eigenvalue weighted by Gasteiger charge is 2.23. The molecular weight excluding hydrogens is 428 g/mol. The van der Waals surface area contributed by atoms with Gasteiger partial charge in [-0.25, -0.2) is 0 Å². The monoisotopic (exact) mass is 450 g/mol. The van der Waals surface area contributed by atoms with Gasteiger partial charge in [0.15, 0.2) is 11.5 Å². The zero-order chi connectivity index (χ0) is 22.5. The summed E-state index contributed by atoms with van der Waals surface area (Å²) in [5.74, 6) is 0.561. The lowest BCUT2D eigenvalue weighted by molar-refractivity contribution is 0.0950. The Hall–Kier alpha value is -3.51. The molecule has 3 aromatic carbocycles. The van der Waals surface area contributed by atoms with E-state index in [1.807, 2.05) is 18.2 Å². The predicted molar refractivity (Wildman–Crippen MR) is 124 cm³/mol. The number of benzene rings is 3. The summed E-state index contributed by atoms with van der Waals surface area (Å²) in [6.45, 7) is 0.280. The number of amides is 2. The molecule has 1 aliphatic carbocycles. The average Bonchev–Trinajstić information content (AvgIpc) is 3.63. The molecule has 0 spiro atoms. The van der Waals surface area contributed by atoms with Crippen molar-refractivity contribution >= 4 is 29.1 Å². The summed E-state index contributed by atoms with van der Waals surface area (Å²) in [6, 6.07) is 19.5. The van der Waals surface area contributed by atoms with Crippen molar-refractivity contribution in [3.8, 4) is 11.5 Å². The quantitative estimate of drug-likeness (QED) is 0.502.